The number of nitrogens with one attached hydrogen (secondary N) is 1. The van der Waals surface area contributed by atoms with Crippen LogP contribution in [0.1, 0.15) is 43.7 Å². The second-order valence-corrected chi connectivity index (χ2v) is 5.42. The summed E-state index contributed by atoms with van der Waals surface area (Å²) in [6.45, 7) is 0.735. The molecule has 18 heavy (non-hydrogen) atoms. The van der Waals surface area contributed by atoms with Crippen LogP contribution in [0.4, 0.5) is 0 Å². The van der Waals surface area contributed by atoms with E-state index >= 15 is 0 Å². The molecule has 98 valence electrons. The van der Waals surface area contributed by atoms with Crippen LogP contribution in [0.3, 0.4) is 0 Å². The summed E-state index contributed by atoms with van der Waals surface area (Å²) in [7, 11) is 0. The van der Waals surface area contributed by atoms with Crippen LogP contribution in [-0.4, -0.2) is 17.6 Å². The third-order valence-electron chi connectivity index (χ3n) is 3.30. The highest BCUT2D eigenvalue weighted by molar-refractivity contribution is 7.08. The molecule has 1 aromatic heterocycles. The lowest BCUT2D eigenvalue weighted by Crippen LogP contribution is -2.29. The van der Waals surface area contributed by atoms with Crippen LogP contribution in [0.5, 0.6) is 0 Å². The minimum Gasteiger partial charge on any atom is -0.480 e. The van der Waals surface area contributed by atoms with Crippen molar-refractivity contribution >= 4 is 17.3 Å². The zero-order valence-electron chi connectivity index (χ0n) is 10.4. The molecule has 0 radical (unpaired) electrons. The number of thiophene rings is 1. The molecule has 2 N–H and O–H groups in total. The quantitative estimate of drug-likeness (QED) is 0.775. The molecule has 1 aliphatic carbocycles. The third-order valence-corrected chi connectivity index (χ3v) is 4.00. The molecule has 2 rings (SSSR count). The highest BCUT2D eigenvalue weighted by atomic mass is 32.1. The van der Waals surface area contributed by atoms with Crippen LogP contribution in [-0.2, 0) is 4.79 Å². The summed E-state index contributed by atoms with van der Waals surface area (Å²) in [5.74, 6) is -0.800. The Morgan fingerprint density at radius 2 is 2.39 bits per heavy atom. The summed E-state index contributed by atoms with van der Waals surface area (Å²) in [4.78, 5) is 11.2. The minimum absolute atomic E-state index is 0.569. The average Bonchev–Trinajstić information content (AvgIpc) is 2.89. The first-order chi connectivity index (χ1) is 8.77. The fourth-order valence-corrected chi connectivity index (χ4v) is 2.98. The number of carboxylic acid groups (broad SMARTS) is 1. The third kappa shape index (κ3) is 3.68. The van der Waals surface area contributed by atoms with Crippen LogP contribution in [0, 0.1) is 0 Å². The van der Waals surface area contributed by atoms with Crippen LogP contribution in [0.2, 0.25) is 0 Å². The van der Waals surface area contributed by atoms with Crippen molar-refractivity contribution in [3.05, 3.63) is 34.0 Å². The number of carbonyl (C=O) groups is 1. The van der Waals surface area contributed by atoms with Crippen molar-refractivity contribution in [2.45, 2.75) is 38.1 Å². The maximum absolute atomic E-state index is 11.2. The normalized spacial score (nSPS) is 17.2. The van der Waals surface area contributed by atoms with Gasteiger partial charge in [-0.2, -0.15) is 11.3 Å². The van der Waals surface area contributed by atoms with E-state index in [1.165, 1.54) is 42.6 Å². The maximum atomic E-state index is 11.2. The van der Waals surface area contributed by atoms with E-state index in [0.717, 1.165) is 18.5 Å². The van der Waals surface area contributed by atoms with Crippen molar-refractivity contribution in [1.82, 2.24) is 5.32 Å². The van der Waals surface area contributed by atoms with E-state index in [-0.39, 0.29) is 0 Å². The minimum atomic E-state index is -0.800. The van der Waals surface area contributed by atoms with Gasteiger partial charge >= 0.3 is 5.97 Å². The van der Waals surface area contributed by atoms with E-state index in [1.54, 1.807) is 0 Å². The summed E-state index contributed by atoms with van der Waals surface area (Å²) in [6, 6.07) is 1.30. The zero-order valence-corrected chi connectivity index (χ0v) is 11.2. The van der Waals surface area contributed by atoms with Crippen molar-refractivity contribution in [3.8, 4) is 0 Å². The van der Waals surface area contributed by atoms with Crippen LogP contribution in [0.25, 0.3) is 0 Å². The van der Waals surface area contributed by atoms with E-state index in [2.05, 4.69) is 11.4 Å². The van der Waals surface area contributed by atoms with Crippen LogP contribution >= 0.6 is 11.3 Å². The lowest BCUT2D eigenvalue weighted by atomic mass is 9.97. The summed E-state index contributed by atoms with van der Waals surface area (Å²) in [5.41, 5.74) is 2.33. The second kappa shape index (κ2) is 6.71. The van der Waals surface area contributed by atoms with Crippen molar-refractivity contribution < 1.29 is 9.90 Å². The van der Waals surface area contributed by atoms with Gasteiger partial charge < -0.3 is 10.4 Å². The van der Waals surface area contributed by atoms with Gasteiger partial charge in [-0.3, -0.25) is 4.79 Å². The topological polar surface area (TPSA) is 49.3 Å². The number of aliphatic carboxylic acids is 1. The van der Waals surface area contributed by atoms with Gasteiger partial charge in [0.2, 0.25) is 0 Å². The van der Waals surface area contributed by atoms with E-state index < -0.39 is 12.0 Å². The smallest absolute Gasteiger partial charge is 0.325 e. The predicted octanol–water partition coefficient (Wildman–Crippen LogP) is 3.35. The van der Waals surface area contributed by atoms with Gasteiger partial charge in [-0.15, -0.1) is 0 Å². The Hall–Kier alpha value is -1.13. The van der Waals surface area contributed by atoms with Crippen molar-refractivity contribution in [3.63, 3.8) is 0 Å². The molecule has 4 heteroatoms. The van der Waals surface area contributed by atoms with Gasteiger partial charge in [0.25, 0.3) is 0 Å². The Morgan fingerprint density at radius 1 is 1.50 bits per heavy atom. The van der Waals surface area contributed by atoms with E-state index in [0.29, 0.717) is 0 Å². The molecule has 0 amide bonds. The standard InChI is InChI=1S/C14H19NO2S/c16-14(17)13(12-7-9-18-10-12)15-8-6-11-4-2-1-3-5-11/h4,7,9-10,13,15H,1-3,5-6,8H2,(H,16,17). The van der Waals surface area contributed by atoms with Gasteiger partial charge in [-0.05, 0) is 61.0 Å². The molecule has 1 heterocycles. The van der Waals surface area contributed by atoms with E-state index in [4.69, 9.17) is 0 Å². The maximum Gasteiger partial charge on any atom is 0.325 e. The Balaban J connectivity index is 1.83. The van der Waals surface area contributed by atoms with Gasteiger partial charge in [-0.25, -0.2) is 0 Å². The summed E-state index contributed by atoms with van der Waals surface area (Å²) < 4.78 is 0. The fourth-order valence-electron chi connectivity index (χ4n) is 2.30. The Labute approximate surface area is 112 Å². The van der Waals surface area contributed by atoms with Crippen molar-refractivity contribution in [1.29, 1.82) is 0 Å². The molecular formula is C14H19NO2S. The molecule has 0 spiro atoms. The summed E-state index contributed by atoms with van der Waals surface area (Å²) >= 11 is 1.53. The fraction of sp³-hybridized carbons (Fsp3) is 0.500. The van der Waals surface area contributed by atoms with Crippen LogP contribution in [0.15, 0.2) is 28.5 Å². The van der Waals surface area contributed by atoms with Gasteiger partial charge in [-0.1, -0.05) is 11.6 Å². The average molecular weight is 265 g/mol. The first kappa shape index (κ1) is 13.3. The lowest BCUT2D eigenvalue weighted by Gasteiger charge is -2.16. The van der Waals surface area contributed by atoms with Crippen molar-refractivity contribution in [2.24, 2.45) is 0 Å². The van der Waals surface area contributed by atoms with Gasteiger partial charge in [0, 0.05) is 0 Å². The molecule has 0 aromatic carbocycles. The Morgan fingerprint density at radius 3 is 3.00 bits per heavy atom. The first-order valence-electron chi connectivity index (χ1n) is 6.43. The number of hydrogen-bond donors (Lipinski definition) is 2. The summed E-state index contributed by atoms with van der Waals surface area (Å²) in [5, 5.41) is 16.2. The molecule has 1 unspecified atom stereocenters. The second-order valence-electron chi connectivity index (χ2n) is 4.64. The summed E-state index contributed by atoms with van der Waals surface area (Å²) in [6.07, 6.45) is 8.21. The molecule has 0 fully saturated rings. The highest BCUT2D eigenvalue weighted by Gasteiger charge is 2.19. The molecule has 1 atom stereocenters. The number of hydrogen-bond acceptors (Lipinski definition) is 3. The zero-order chi connectivity index (χ0) is 12.8. The number of allylic oxidation sites excluding steroid dienone is 1. The van der Waals surface area contributed by atoms with Gasteiger partial charge in [0.15, 0.2) is 0 Å². The molecule has 1 aliphatic rings. The molecule has 0 saturated heterocycles. The highest BCUT2D eigenvalue weighted by Crippen LogP contribution is 2.21. The molecule has 1 aromatic rings. The molecule has 3 nitrogen and oxygen atoms in total. The number of rotatable bonds is 6. The van der Waals surface area contributed by atoms with Crippen molar-refractivity contribution in [2.75, 3.05) is 6.54 Å². The molecule has 0 saturated carbocycles. The SMILES string of the molecule is O=C(O)C(NCCC1=CCCCC1)c1ccsc1. The number of carboxylic acids is 1. The molecule has 0 aliphatic heterocycles. The predicted molar refractivity (Wildman–Crippen MR) is 73.9 cm³/mol. The van der Waals surface area contributed by atoms with E-state index in [1.807, 2.05) is 16.8 Å². The largest absolute Gasteiger partial charge is 0.480 e. The van der Waals surface area contributed by atoms with Crippen LogP contribution < -0.4 is 5.32 Å². The van der Waals surface area contributed by atoms with E-state index in [9.17, 15) is 9.90 Å². The monoisotopic (exact) mass is 265 g/mol. The molecule has 0 bridgehead atoms. The van der Waals surface area contributed by atoms with Gasteiger partial charge in [0.05, 0.1) is 0 Å². The molecular weight excluding hydrogens is 246 g/mol. The lowest BCUT2D eigenvalue weighted by molar-refractivity contribution is -0.139. The first-order valence-corrected chi connectivity index (χ1v) is 7.38. The Bertz CT molecular complexity index is 411. The Kier molecular flexibility index (Phi) is 4.96. The van der Waals surface area contributed by atoms with Gasteiger partial charge in [0.1, 0.15) is 6.04 Å².